The molecule has 144 valence electrons. The Labute approximate surface area is 160 Å². The van der Waals surface area contributed by atoms with Crippen LogP contribution in [0.5, 0.6) is 5.75 Å². The molecule has 0 spiro atoms. The summed E-state index contributed by atoms with van der Waals surface area (Å²) in [5.41, 5.74) is 1.83. The number of piperazine rings is 1. The second-order valence-corrected chi connectivity index (χ2v) is 8.65. The van der Waals surface area contributed by atoms with Crippen LogP contribution >= 0.6 is 0 Å². The van der Waals surface area contributed by atoms with Crippen LogP contribution in [-0.2, 0) is 14.8 Å². The third-order valence-electron chi connectivity index (χ3n) is 4.53. The number of ether oxygens (including phenoxy) is 1. The van der Waals surface area contributed by atoms with Crippen molar-refractivity contribution >= 4 is 15.9 Å². The van der Waals surface area contributed by atoms with Crippen molar-refractivity contribution in [2.75, 3.05) is 32.8 Å². The summed E-state index contributed by atoms with van der Waals surface area (Å²) in [6.45, 7) is 5.01. The number of amides is 1. The second kappa shape index (κ2) is 8.10. The van der Waals surface area contributed by atoms with Crippen molar-refractivity contribution in [3.05, 3.63) is 59.7 Å². The van der Waals surface area contributed by atoms with Gasteiger partial charge in [0.25, 0.3) is 5.91 Å². The largest absolute Gasteiger partial charge is 0.484 e. The van der Waals surface area contributed by atoms with Gasteiger partial charge in [0, 0.05) is 26.2 Å². The Morgan fingerprint density at radius 3 is 2.15 bits per heavy atom. The third-order valence-corrected chi connectivity index (χ3v) is 6.41. The fraction of sp³-hybridized carbons (Fsp3) is 0.350. The zero-order chi connectivity index (χ0) is 19.4. The fourth-order valence-corrected chi connectivity index (χ4v) is 4.77. The number of carbonyl (C=O) groups is 1. The lowest BCUT2D eigenvalue weighted by atomic mass is 10.2. The molecule has 2 aromatic rings. The van der Waals surface area contributed by atoms with E-state index in [1.807, 2.05) is 38.1 Å². The highest BCUT2D eigenvalue weighted by atomic mass is 32.2. The Balaban J connectivity index is 1.58. The van der Waals surface area contributed by atoms with Gasteiger partial charge in [0.1, 0.15) is 5.75 Å². The predicted molar refractivity (Wildman–Crippen MR) is 103 cm³/mol. The molecule has 2 aromatic carbocycles. The van der Waals surface area contributed by atoms with E-state index in [-0.39, 0.29) is 25.6 Å². The minimum atomic E-state index is -3.55. The van der Waals surface area contributed by atoms with E-state index in [4.69, 9.17) is 4.74 Å². The SMILES string of the molecule is Cc1cc(C)cc(S(=O)(=O)N2CCN(C(=O)COc3ccccc3)CC2)c1. The highest BCUT2D eigenvalue weighted by Gasteiger charge is 2.30. The van der Waals surface area contributed by atoms with Crippen molar-refractivity contribution in [2.45, 2.75) is 18.7 Å². The summed E-state index contributed by atoms with van der Waals surface area (Å²) in [5.74, 6) is 0.504. The van der Waals surface area contributed by atoms with E-state index < -0.39 is 10.0 Å². The summed E-state index contributed by atoms with van der Waals surface area (Å²) in [7, 11) is -3.55. The van der Waals surface area contributed by atoms with Crippen molar-refractivity contribution in [2.24, 2.45) is 0 Å². The smallest absolute Gasteiger partial charge is 0.260 e. The molecule has 0 aliphatic carbocycles. The minimum Gasteiger partial charge on any atom is -0.484 e. The molecule has 1 heterocycles. The Hall–Kier alpha value is -2.38. The van der Waals surface area contributed by atoms with Crippen LogP contribution in [0.3, 0.4) is 0 Å². The molecule has 1 fully saturated rings. The maximum absolute atomic E-state index is 12.9. The van der Waals surface area contributed by atoms with Crippen molar-refractivity contribution in [3.8, 4) is 5.75 Å². The topological polar surface area (TPSA) is 66.9 Å². The van der Waals surface area contributed by atoms with Crippen LogP contribution in [0.2, 0.25) is 0 Å². The molecule has 1 saturated heterocycles. The standard InChI is InChI=1S/C20H24N2O4S/c1-16-12-17(2)14-19(13-16)27(24,25)22-10-8-21(9-11-22)20(23)15-26-18-6-4-3-5-7-18/h3-7,12-14H,8-11,15H2,1-2H3. The van der Waals surface area contributed by atoms with E-state index in [1.165, 1.54) is 4.31 Å². The first-order valence-corrected chi connectivity index (χ1v) is 10.3. The summed E-state index contributed by atoms with van der Waals surface area (Å²) < 4.78 is 32.7. The van der Waals surface area contributed by atoms with Crippen molar-refractivity contribution in [1.29, 1.82) is 0 Å². The molecule has 7 heteroatoms. The molecule has 1 aliphatic heterocycles. The van der Waals surface area contributed by atoms with Crippen LogP contribution in [0.1, 0.15) is 11.1 Å². The molecule has 0 bridgehead atoms. The van der Waals surface area contributed by atoms with Crippen LogP contribution < -0.4 is 4.74 Å². The summed E-state index contributed by atoms with van der Waals surface area (Å²) in [4.78, 5) is 14.3. The first-order valence-electron chi connectivity index (χ1n) is 8.90. The molecule has 3 rings (SSSR count). The first kappa shape index (κ1) is 19.4. The Morgan fingerprint density at radius 2 is 1.56 bits per heavy atom. The molecule has 1 aliphatic rings. The van der Waals surface area contributed by atoms with Gasteiger partial charge in [0.05, 0.1) is 4.90 Å². The number of sulfonamides is 1. The molecule has 0 unspecified atom stereocenters. The molecule has 27 heavy (non-hydrogen) atoms. The minimum absolute atomic E-state index is 0.0478. The zero-order valence-electron chi connectivity index (χ0n) is 15.6. The zero-order valence-corrected chi connectivity index (χ0v) is 16.4. The Kier molecular flexibility index (Phi) is 5.82. The summed E-state index contributed by atoms with van der Waals surface area (Å²) in [6, 6.07) is 14.5. The fourth-order valence-electron chi connectivity index (χ4n) is 3.16. The predicted octanol–water partition coefficient (Wildman–Crippen LogP) is 2.22. The summed E-state index contributed by atoms with van der Waals surface area (Å²) >= 11 is 0. The normalized spacial score (nSPS) is 15.6. The van der Waals surface area contributed by atoms with Gasteiger partial charge in [-0.15, -0.1) is 0 Å². The van der Waals surface area contributed by atoms with Gasteiger partial charge in [-0.25, -0.2) is 8.42 Å². The van der Waals surface area contributed by atoms with Crippen LogP contribution in [0.25, 0.3) is 0 Å². The van der Waals surface area contributed by atoms with Crippen LogP contribution in [0, 0.1) is 13.8 Å². The lowest BCUT2D eigenvalue weighted by Gasteiger charge is -2.34. The molecule has 6 nitrogen and oxygen atoms in total. The molecule has 1 amide bonds. The van der Waals surface area contributed by atoms with Gasteiger partial charge in [-0.1, -0.05) is 24.3 Å². The van der Waals surface area contributed by atoms with E-state index in [0.717, 1.165) is 11.1 Å². The molecule has 0 radical (unpaired) electrons. The lowest BCUT2D eigenvalue weighted by molar-refractivity contribution is -0.134. The van der Waals surface area contributed by atoms with Crippen molar-refractivity contribution in [3.63, 3.8) is 0 Å². The number of hydrogen-bond donors (Lipinski definition) is 0. The summed E-state index contributed by atoms with van der Waals surface area (Å²) in [5, 5.41) is 0. The van der Waals surface area contributed by atoms with Gasteiger partial charge in [0.15, 0.2) is 6.61 Å². The number of aryl methyl sites for hydroxylation is 2. The third kappa shape index (κ3) is 4.67. The van der Waals surface area contributed by atoms with E-state index in [2.05, 4.69) is 0 Å². The average Bonchev–Trinajstić information content (AvgIpc) is 2.66. The van der Waals surface area contributed by atoms with Crippen LogP contribution in [-0.4, -0.2) is 56.3 Å². The molecule has 0 saturated carbocycles. The highest BCUT2D eigenvalue weighted by molar-refractivity contribution is 7.89. The van der Waals surface area contributed by atoms with E-state index >= 15 is 0 Å². The van der Waals surface area contributed by atoms with Gasteiger partial charge in [-0.3, -0.25) is 4.79 Å². The highest BCUT2D eigenvalue weighted by Crippen LogP contribution is 2.20. The van der Waals surface area contributed by atoms with Crippen LogP contribution in [0.4, 0.5) is 0 Å². The number of carbonyl (C=O) groups excluding carboxylic acids is 1. The second-order valence-electron chi connectivity index (χ2n) is 6.71. The van der Waals surface area contributed by atoms with Crippen LogP contribution in [0.15, 0.2) is 53.4 Å². The van der Waals surface area contributed by atoms with Crippen molar-refractivity contribution < 1.29 is 17.9 Å². The molecular formula is C20H24N2O4S. The van der Waals surface area contributed by atoms with Gasteiger partial charge < -0.3 is 9.64 Å². The Morgan fingerprint density at radius 1 is 0.963 bits per heavy atom. The average molecular weight is 388 g/mol. The number of rotatable bonds is 5. The van der Waals surface area contributed by atoms with E-state index in [1.54, 1.807) is 29.2 Å². The first-order chi connectivity index (χ1) is 12.9. The number of nitrogens with zero attached hydrogens (tertiary/aromatic N) is 2. The number of hydrogen-bond acceptors (Lipinski definition) is 4. The molecule has 0 N–H and O–H groups in total. The number of benzene rings is 2. The monoisotopic (exact) mass is 388 g/mol. The van der Waals surface area contributed by atoms with Gasteiger partial charge in [-0.05, 0) is 49.2 Å². The maximum atomic E-state index is 12.9. The Bertz CT molecular complexity index is 885. The quantitative estimate of drug-likeness (QED) is 0.788. The van der Waals surface area contributed by atoms with Gasteiger partial charge >= 0.3 is 0 Å². The maximum Gasteiger partial charge on any atom is 0.260 e. The molecular weight excluding hydrogens is 364 g/mol. The van der Waals surface area contributed by atoms with E-state index in [0.29, 0.717) is 23.7 Å². The van der Waals surface area contributed by atoms with Gasteiger partial charge in [0.2, 0.25) is 10.0 Å². The lowest BCUT2D eigenvalue weighted by Crippen LogP contribution is -2.51. The summed E-state index contributed by atoms with van der Waals surface area (Å²) in [6.07, 6.45) is 0. The molecule has 0 aromatic heterocycles. The van der Waals surface area contributed by atoms with Crippen molar-refractivity contribution in [1.82, 2.24) is 9.21 Å². The van der Waals surface area contributed by atoms with E-state index in [9.17, 15) is 13.2 Å². The van der Waals surface area contributed by atoms with Gasteiger partial charge in [-0.2, -0.15) is 4.31 Å². The molecule has 0 atom stereocenters. The number of para-hydroxylation sites is 1.